The number of methoxy groups -OCH3 is 4. The molecule has 20 unspecified atom stereocenters. The summed E-state index contributed by atoms with van der Waals surface area (Å²) < 4.78 is 165. The van der Waals surface area contributed by atoms with Crippen LogP contribution in [-0.4, -0.2) is 438 Å². The van der Waals surface area contributed by atoms with Crippen LogP contribution in [0.3, 0.4) is 0 Å². The SMILES string of the molecule is CCO[Si](CCC1CCC(Cl)C(O)C1)(OCC)OCC.CCO[Si](CCC1CCC(O)C(O)C1)(OCC)OCC.CCO[Si](CCC1CCC(OC)C(O)C1)(OCC)OCC.CCO[Si](CCCOCC(O)COC)(OCC)OCC.COC1CCC(CC[Si](OC)(OC)OC)CC1O.COCC(O)COCCC[Si](OC)(OC)OC.CO[Si](CCC1CCC(Cl)C(O)C1)(OC)OC.CO[Si](CCC1CCC(O)C(O)C1)(OC)OC. The Morgan fingerprint density at radius 2 is 0.407 bits per heavy atom. The minimum Gasteiger partial charge on any atom is -0.392 e. The molecule has 0 aromatic rings. The van der Waals surface area contributed by atoms with Gasteiger partial charge in [0.2, 0.25) is 0 Å². The van der Waals surface area contributed by atoms with Crippen molar-refractivity contribution in [3.05, 3.63) is 0 Å². The van der Waals surface area contributed by atoms with Gasteiger partial charge in [-0.3, -0.25) is 0 Å². The van der Waals surface area contributed by atoms with Crippen molar-refractivity contribution in [1.29, 1.82) is 0 Å². The molecule has 10 N–H and O–H groups in total. The molecule has 0 spiro atoms. The van der Waals surface area contributed by atoms with Crippen molar-refractivity contribution in [3.8, 4) is 0 Å². The monoisotopic (exact) mass is 2350 g/mol. The van der Waals surface area contributed by atoms with Crippen molar-refractivity contribution in [2.45, 2.75) is 382 Å². The molecule has 0 aromatic carbocycles. The third-order valence-electron chi connectivity index (χ3n) is 27.9. The predicted octanol–water partition coefficient (Wildman–Crippen LogP) is 13.7. The van der Waals surface area contributed by atoms with Crippen molar-refractivity contribution < 1.29 is 186 Å². The van der Waals surface area contributed by atoms with E-state index in [-0.39, 0.29) is 73.8 Å². The topological polar surface area (TPSA) is 479 Å². The fraction of sp³-hybridized carbons (Fsp3) is 1.00. The second-order valence-corrected chi connectivity index (χ2v) is 62.5. The fourth-order valence-corrected chi connectivity index (χ4v) is 38.2. The molecule has 0 radical (unpaired) electrons. The third kappa shape index (κ3) is 63.1. The van der Waals surface area contributed by atoms with Crippen molar-refractivity contribution >= 4 is 93.6 Å². The molecule has 904 valence electrons. The molecular weight excluding hydrogens is 2140 g/mol. The standard InChI is InChI=1S/C15H32O5Si.C14H29ClO4Si.C14H30O5Si.C13H30O6Si.C12H26O5Si.C11H23ClO4Si.C11H24O5Si.C10H24O6Si/c1-5-18-21(19-6-2,20-7-3)11-10-13-8-9-15(17-4)14(16)12-13;2*1-4-17-20(18-5-2,19-6-3)10-9-12-7-8-13(15)14(16)11-12;1-5-17-20(18-6-2,19-7-3)10-8-9-16-12-13(14)11-15-4;1-14-12-6-5-10(9-11(12)13)7-8-18(15-2,16-3)17-4;2*1-14-17(15-2,16-3)7-6-9-4-5-10(12)11(13)8-9;1-12-8-10(11)9-16-6-5-7-17(13-2,14-3)15-4/h13-16H,5-12H2,1-4H3;12-14,16H,4-11H2,1-3H3;12-16H,4-11H2,1-3H3;13-14H,5-12H2,1-4H3;10-13H,5-9H2,1-4H3;9-11,13H,4-8H2,1-3H3;9-13H,4-8H2,1-3H3;10-11H,5-9H2,1-4H3. The highest BCUT2D eigenvalue weighted by Crippen LogP contribution is 2.40. The summed E-state index contributed by atoms with van der Waals surface area (Å²) >= 11 is 12.0. The third-order valence-corrected chi connectivity index (χ3v) is 52.5. The van der Waals surface area contributed by atoms with E-state index in [0.29, 0.717) is 160 Å². The van der Waals surface area contributed by atoms with E-state index < -0.39 is 107 Å². The van der Waals surface area contributed by atoms with Gasteiger partial charge in [-0.2, -0.15) is 0 Å². The molecule has 0 saturated heterocycles. The first-order valence-electron chi connectivity index (χ1n) is 55.3. The molecule has 0 amide bonds. The van der Waals surface area contributed by atoms with E-state index in [9.17, 15) is 51.1 Å². The number of hydrogen-bond donors (Lipinski definition) is 10. The van der Waals surface area contributed by atoms with E-state index in [4.69, 9.17) is 158 Å². The average molecular weight is 2360 g/mol. The van der Waals surface area contributed by atoms with E-state index in [1.807, 2.05) is 83.1 Å². The van der Waals surface area contributed by atoms with Gasteiger partial charge in [-0.1, -0.05) is 0 Å². The fourth-order valence-electron chi connectivity index (χ4n) is 19.6. The quantitative estimate of drug-likeness (QED) is 0.0154. The van der Waals surface area contributed by atoms with Crippen molar-refractivity contribution in [3.63, 3.8) is 0 Å². The lowest BCUT2D eigenvalue weighted by Crippen LogP contribution is -2.46. The lowest BCUT2D eigenvalue weighted by Gasteiger charge is -2.34. The van der Waals surface area contributed by atoms with Crippen LogP contribution in [0.5, 0.6) is 0 Å². The number of alkyl halides is 2. The van der Waals surface area contributed by atoms with Gasteiger partial charge in [0, 0.05) is 255 Å². The van der Waals surface area contributed by atoms with E-state index in [1.54, 1.807) is 114 Å². The number of aliphatic hydroxyl groups excluding tert-OH is 10. The maximum absolute atomic E-state index is 10.1. The first kappa shape index (κ1) is 153. The number of aliphatic hydroxyl groups is 10. The molecule has 150 heavy (non-hydrogen) atoms. The molecule has 6 aliphatic carbocycles. The highest BCUT2D eigenvalue weighted by Gasteiger charge is 2.49. The number of rotatable bonds is 72. The lowest BCUT2D eigenvalue weighted by molar-refractivity contribution is -0.0507. The number of ether oxygens (including phenoxy) is 6. The van der Waals surface area contributed by atoms with Crippen molar-refractivity contribution in [1.82, 2.24) is 0 Å². The minimum absolute atomic E-state index is 0.00414. The van der Waals surface area contributed by atoms with Gasteiger partial charge >= 0.3 is 70.4 Å². The van der Waals surface area contributed by atoms with Gasteiger partial charge in [-0.25, -0.2) is 0 Å². The Labute approximate surface area is 924 Å². The summed E-state index contributed by atoms with van der Waals surface area (Å²) in [7, 11) is 5.73. The number of halogens is 2. The normalized spacial score (nSPS) is 25.0. The van der Waals surface area contributed by atoms with Gasteiger partial charge in [-0.05, 0) is 286 Å². The smallest absolute Gasteiger partial charge is 0.392 e. The van der Waals surface area contributed by atoms with Crippen LogP contribution in [0, 0.1) is 35.5 Å². The zero-order valence-corrected chi connectivity index (χ0v) is 107. The van der Waals surface area contributed by atoms with Crippen LogP contribution >= 0.6 is 23.2 Å². The Balaban J connectivity index is 0. The minimum atomic E-state index is -2.56. The maximum Gasteiger partial charge on any atom is 0.501 e. The molecule has 6 aliphatic rings. The molecule has 0 aromatic heterocycles. The maximum atomic E-state index is 10.1. The van der Waals surface area contributed by atoms with Crippen LogP contribution in [0.4, 0.5) is 0 Å². The highest BCUT2D eigenvalue weighted by atomic mass is 35.5. The molecule has 40 nitrogen and oxygen atoms in total. The Hall–Kier alpha value is 0.715. The Morgan fingerprint density at radius 1 is 0.220 bits per heavy atom. The average Bonchev–Trinajstić information content (AvgIpc) is 0.822. The second-order valence-electron chi connectivity index (χ2n) is 38.1. The van der Waals surface area contributed by atoms with Crippen molar-refractivity contribution in [2.75, 3.05) is 233 Å². The number of hydrogen-bond acceptors (Lipinski definition) is 40. The van der Waals surface area contributed by atoms with Crippen LogP contribution in [-0.2, 0) is 135 Å². The van der Waals surface area contributed by atoms with Gasteiger partial charge in [0.25, 0.3) is 0 Å². The van der Waals surface area contributed by atoms with Gasteiger partial charge in [-0.15, -0.1) is 23.2 Å². The first-order valence-corrected chi connectivity index (χ1v) is 71.6. The molecule has 0 heterocycles. The largest absolute Gasteiger partial charge is 0.501 e. The molecule has 0 aliphatic heterocycles. The molecule has 6 fully saturated rings. The summed E-state index contributed by atoms with van der Waals surface area (Å²) in [6, 6.07) is 6.20. The molecule has 0 bridgehead atoms. The van der Waals surface area contributed by atoms with Gasteiger partial charge < -0.3 is 186 Å². The molecular formula is C100H218Cl2O40Si8. The summed E-state index contributed by atoms with van der Waals surface area (Å²) in [6.07, 6.45) is 18.0. The van der Waals surface area contributed by atoms with E-state index in [2.05, 4.69) is 0 Å². The Morgan fingerprint density at radius 3 is 0.600 bits per heavy atom. The molecule has 6 rings (SSSR count). The Bertz CT molecular complexity index is 2830. The predicted molar refractivity (Wildman–Crippen MR) is 595 cm³/mol. The van der Waals surface area contributed by atoms with Gasteiger partial charge in [0.15, 0.2) is 0 Å². The first-order chi connectivity index (χ1) is 71.7. The zero-order valence-electron chi connectivity index (χ0n) is 97.8. The molecule has 6 saturated carbocycles. The summed E-state index contributed by atoms with van der Waals surface area (Å²) in [5.41, 5.74) is 0. The molecule has 50 heteroatoms. The second kappa shape index (κ2) is 91.0. The highest BCUT2D eigenvalue weighted by molar-refractivity contribution is 6.63. The van der Waals surface area contributed by atoms with Crippen LogP contribution in [0.15, 0.2) is 0 Å². The van der Waals surface area contributed by atoms with E-state index >= 15 is 0 Å². The van der Waals surface area contributed by atoms with Crippen LogP contribution in [0.1, 0.15) is 250 Å². The summed E-state index contributed by atoms with van der Waals surface area (Å²) in [5, 5.41) is 96.6. The zero-order chi connectivity index (χ0) is 114. The Kier molecular flexibility index (Phi) is 92.7. The summed E-state index contributed by atoms with van der Waals surface area (Å²) in [5.74, 6) is 2.82. The summed E-state index contributed by atoms with van der Waals surface area (Å²) in [4.78, 5) is 0. The lowest BCUT2D eigenvalue weighted by atomic mass is 9.84. The van der Waals surface area contributed by atoms with Crippen LogP contribution in [0.2, 0.25) is 48.4 Å². The van der Waals surface area contributed by atoms with Crippen molar-refractivity contribution in [2.24, 2.45) is 35.5 Å². The van der Waals surface area contributed by atoms with Gasteiger partial charge in [0.1, 0.15) is 12.2 Å². The van der Waals surface area contributed by atoms with Gasteiger partial charge in [0.05, 0.1) is 98.2 Å². The van der Waals surface area contributed by atoms with E-state index in [0.717, 1.165) is 184 Å². The summed E-state index contributed by atoms with van der Waals surface area (Å²) in [6.45, 7) is 33.0. The van der Waals surface area contributed by atoms with Crippen LogP contribution < -0.4 is 0 Å². The molecule has 20 atom stereocenters. The van der Waals surface area contributed by atoms with E-state index in [1.165, 1.54) is 0 Å². The van der Waals surface area contributed by atoms with Crippen LogP contribution in [0.25, 0.3) is 0 Å².